The number of ether oxygens (including phenoxy) is 1. The minimum Gasteiger partial charge on any atom is -0.478 e. The zero-order valence-electron chi connectivity index (χ0n) is 19.1. The predicted molar refractivity (Wildman–Crippen MR) is 129 cm³/mol. The second-order valence-electron chi connectivity index (χ2n) is 7.91. The van der Waals surface area contributed by atoms with Gasteiger partial charge in [0.2, 0.25) is 12.1 Å². The molecule has 11 heteroatoms. The molecule has 1 amide bonds. The van der Waals surface area contributed by atoms with Gasteiger partial charge in [-0.3, -0.25) is 14.7 Å². The van der Waals surface area contributed by atoms with E-state index < -0.39 is 36.0 Å². The zero-order chi connectivity index (χ0) is 26.9. The molecule has 0 bridgehead atoms. The van der Waals surface area contributed by atoms with Crippen LogP contribution in [0.25, 0.3) is 0 Å². The molecule has 0 aromatic heterocycles. The molecule has 3 aromatic rings. The van der Waals surface area contributed by atoms with E-state index in [2.05, 4.69) is 4.99 Å². The molecule has 0 radical (unpaired) electrons. The van der Waals surface area contributed by atoms with E-state index in [9.17, 15) is 39.3 Å². The number of hydrogen-bond donors (Lipinski definition) is 3. The highest BCUT2D eigenvalue weighted by molar-refractivity contribution is 6.06. The second-order valence-corrected chi connectivity index (χ2v) is 7.91. The maximum atomic E-state index is 12.8. The third-order valence-corrected chi connectivity index (χ3v) is 5.60. The third kappa shape index (κ3) is 4.78. The van der Waals surface area contributed by atoms with E-state index in [1.54, 1.807) is 24.3 Å². The first kappa shape index (κ1) is 24.8. The number of carbonyl (C=O) groups is 5. The number of carboxylic acids is 3. The lowest BCUT2D eigenvalue weighted by Crippen LogP contribution is -2.41. The van der Waals surface area contributed by atoms with E-state index in [-0.39, 0.29) is 33.6 Å². The Morgan fingerprint density at radius 3 is 2.19 bits per heavy atom. The van der Waals surface area contributed by atoms with Gasteiger partial charge < -0.3 is 20.1 Å². The molecule has 0 saturated carbocycles. The maximum absolute atomic E-state index is 12.8. The average molecular weight is 502 g/mol. The third-order valence-electron chi connectivity index (χ3n) is 5.60. The number of cyclic esters (lactones) is 1. The Bertz CT molecular complexity index is 1510. The molecule has 3 N–H and O–H groups in total. The summed E-state index contributed by atoms with van der Waals surface area (Å²) in [6, 6.07) is 13.5. The van der Waals surface area contributed by atoms with Gasteiger partial charge >= 0.3 is 23.9 Å². The molecule has 0 spiro atoms. The fraction of sp³-hybridized carbons (Fsp3) is 0.0769. The van der Waals surface area contributed by atoms with E-state index in [4.69, 9.17) is 4.74 Å². The summed E-state index contributed by atoms with van der Waals surface area (Å²) < 4.78 is 5.56. The lowest BCUT2D eigenvalue weighted by atomic mass is 10.0. The number of nitrogens with zero attached hydrogens (tertiary/aromatic N) is 2. The predicted octanol–water partition coefficient (Wildman–Crippen LogP) is 3.75. The van der Waals surface area contributed by atoms with E-state index >= 15 is 0 Å². The number of hydrogen-bond acceptors (Lipinski definition) is 7. The van der Waals surface area contributed by atoms with Crippen molar-refractivity contribution in [2.45, 2.75) is 13.2 Å². The molecule has 1 atom stereocenters. The Labute approximate surface area is 208 Å². The van der Waals surface area contributed by atoms with Crippen LogP contribution in [0.4, 0.5) is 11.4 Å². The smallest absolute Gasteiger partial charge is 0.342 e. The number of carboxylic acid groups (broad SMARTS) is 3. The van der Waals surface area contributed by atoms with Crippen LogP contribution in [-0.2, 0) is 9.53 Å². The summed E-state index contributed by atoms with van der Waals surface area (Å²) >= 11 is 0. The quantitative estimate of drug-likeness (QED) is 0.335. The van der Waals surface area contributed by atoms with Gasteiger partial charge in [0.25, 0.3) is 0 Å². The van der Waals surface area contributed by atoms with Crippen molar-refractivity contribution in [1.29, 1.82) is 0 Å². The molecule has 186 valence electrons. The van der Waals surface area contributed by atoms with Crippen LogP contribution in [-0.4, -0.2) is 51.3 Å². The van der Waals surface area contributed by atoms with Crippen molar-refractivity contribution < 1.29 is 44.0 Å². The van der Waals surface area contributed by atoms with Crippen LogP contribution >= 0.6 is 0 Å². The minimum absolute atomic E-state index is 0.0131. The van der Waals surface area contributed by atoms with E-state index in [1.807, 2.05) is 0 Å². The van der Waals surface area contributed by atoms with Gasteiger partial charge in [0.1, 0.15) is 0 Å². The standard InChI is InChI=1S/C26H18N2O9/c1-13(29)28-21-11-15(24(32)33)7-9-19(21)26(36)37-22(28)17-5-3-2-4-16(17)12-27-20-10-14(23(30)31)6-8-18(20)25(34)35/h2-12,22H,1H3,(H,30,31)(H,32,33)(H,34,35). The number of esters is 1. The molecular formula is C26H18N2O9. The van der Waals surface area contributed by atoms with Crippen LogP contribution in [0, 0.1) is 0 Å². The van der Waals surface area contributed by atoms with Gasteiger partial charge in [0.15, 0.2) is 0 Å². The summed E-state index contributed by atoms with van der Waals surface area (Å²) in [5.74, 6) is -5.13. The van der Waals surface area contributed by atoms with Gasteiger partial charge in [-0.25, -0.2) is 19.2 Å². The molecule has 4 rings (SSSR count). The summed E-state index contributed by atoms with van der Waals surface area (Å²) in [4.78, 5) is 65.2. The molecule has 1 aliphatic heterocycles. The van der Waals surface area contributed by atoms with Crippen LogP contribution in [0.2, 0.25) is 0 Å². The second kappa shape index (κ2) is 9.74. The van der Waals surface area contributed by atoms with Gasteiger partial charge in [-0.15, -0.1) is 0 Å². The molecular weight excluding hydrogens is 484 g/mol. The summed E-state index contributed by atoms with van der Waals surface area (Å²) in [7, 11) is 0. The number of aromatic carboxylic acids is 3. The van der Waals surface area contributed by atoms with E-state index in [0.717, 1.165) is 23.1 Å². The lowest BCUT2D eigenvalue weighted by Gasteiger charge is -2.36. The van der Waals surface area contributed by atoms with Crippen LogP contribution in [0.15, 0.2) is 65.7 Å². The Morgan fingerprint density at radius 2 is 1.54 bits per heavy atom. The van der Waals surface area contributed by atoms with Crippen molar-refractivity contribution in [1.82, 2.24) is 0 Å². The molecule has 0 fully saturated rings. The van der Waals surface area contributed by atoms with Crippen LogP contribution in [0.3, 0.4) is 0 Å². The highest BCUT2D eigenvalue weighted by Gasteiger charge is 2.37. The van der Waals surface area contributed by atoms with Gasteiger partial charge in [-0.05, 0) is 36.4 Å². The SMILES string of the molecule is CC(=O)N1c2cc(C(=O)O)ccc2C(=O)OC1c1ccccc1C=Nc1cc(C(=O)O)ccc1C(=O)O. The Kier molecular flexibility index (Phi) is 6.53. The Morgan fingerprint density at radius 1 is 0.892 bits per heavy atom. The number of aliphatic imine (C=N–C) groups is 1. The maximum Gasteiger partial charge on any atom is 0.342 e. The summed E-state index contributed by atoms with van der Waals surface area (Å²) in [5, 5.41) is 28.1. The van der Waals surface area contributed by atoms with Crippen molar-refractivity contribution in [3.63, 3.8) is 0 Å². The van der Waals surface area contributed by atoms with Crippen molar-refractivity contribution in [3.05, 3.63) is 94.0 Å². The largest absolute Gasteiger partial charge is 0.478 e. The topological polar surface area (TPSA) is 171 Å². The normalized spacial score (nSPS) is 14.7. The monoisotopic (exact) mass is 502 g/mol. The number of anilines is 1. The van der Waals surface area contributed by atoms with Gasteiger partial charge in [0, 0.05) is 24.3 Å². The van der Waals surface area contributed by atoms with Crippen molar-refractivity contribution in [3.8, 4) is 0 Å². The number of rotatable bonds is 6. The van der Waals surface area contributed by atoms with Crippen LogP contribution < -0.4 is 4.90 Å². The molecule has 11 nitrogen and oxygen atoms in total. The van der Waals surface area contributed by atoms with E-state index in [1.165, 1.54) is 31.3 Å². The number of benzene rings is 3. The Balaban J connectivity index is 1.82. The van der Waals surface area contributed by atoms with Crippen LogP contribution in [0.1, 0.15) is 65.7 Å². The van der Waals surface area contributed by atoms with Crippen LogP contribution in [0.5, 0.6) is 0 Å². The molecule has 3 aromatic carbocycles. The minimum atomic E-state index is -1.31. The number of carbonyl (C=O) groups excluding carboxylic acids is 2. The number of fused-ring (bicyclic) bond motifs is 1. The molecule has 1 unspecified atom stereocenters. The lowest BCUT2D eigenvalue weighted by molar-refractivity contribution is -0.118. The zero-order valence-corrected chi connectivity index (χ0v) is 19.1. The summed E-state index contributed by atoms with van der Waals surface area (Å²) in [5.41, 5.74) is 0.0508. The first-order chi connectivity index (χ1) is 17.6. The molecule has 1 aliphatic rings. The highest BCUT2D eigenvalue weighted by atomic mass is 16.6. The first-order valence-corrected chi connectivity index (χ1v) is 10.7. The van der Waals surface area contributed by atoms with Gasteiger partial charge in [-0.1, -0.05) is 24.3 Å². The highest BCUT2D eigenvalue weighted by Crippen LogP contribution is 2.38. The Hall–Kier alpha value is -5.32. The summed E-state index contributed by atoms with van der Waals surface area (Å²) in [6.07, 6.45) is -0.0218. The molecule has 0 saturated heterocycles. The number of amides is 1. The summed E-state index contributed by atoms with van der Waals surface area (Å²) in [6.45, 7) is 1.23. The first-order valence-electron chi connectivity index (χ1n) is 10.7. The fourth-order valence-electron chi connectivity index (χ4n) is 3.86. The van der Waals surface area contributed by atoms with E-state index in [0.29, 0.717) is 11.1 Å². The fourth-order valence-corrected chi connectivity index (χ4v) is 3.86. The van der Waals surface area contributed by atoms with Gasteiger partial charge in [0.05, 0.1) is 33.6 Å². The molecule has 37 heavy (non-hydrogen) atoms. The van der Waals surface area contributed by atoms with Gasteiger partial charge in [-0.2, -0.15) is 0 Å². The molecule has 0 aliphatic carbocycles. The van der Waals surface area contributed by atoms with Crippen molar-refractivity contribution in [2.75, 3.05) is 4.90 Å². The van der Waals surface area contributed by atoms with Crippen molar-refractivity contribution >= 4 is 47.4 Å². The average Bonchev–Trinajstić information content (AvgIpc) is 2.86. The van der Waals surface area contributed by atoms with Crippen molar-refractivity contribution in [2.24, 2.45) is 4.99 Å². The molecule has 1 heterocycles.